The number of rotatable bonds is 2. The summed E-state index contributed by atoms with van der Waals surface area (Å²) in [6.45, 7) is 0. The van der Waals surface area contributed by atoms with Crippen molar-refractivity contribution in [1.82, 2.24) is 4.98 Å². The van der Waals surface area contributed by atoms with Gasteiger partial charge in [-0.1, -0.05) is 0 Å². The lowest BCUT2D eigenvalue weighted by Crippen LogP contribution is -2.01. The van der Waals surface area contributed by atoms with E-state index in [0.29, 0.717) is 6.29 Å². The fourth-order valence-electron chi connectivity index (χ4n) is 0.793. The summed E-state index contributed by atoms with van der Waals surface area (Å²) in [5.41, 5.74) is 4.84. The van der Waals surface area contributed by atoms with Crippen LogP contribution in [-0.4, -0.2) is 11.3 Å². The van der Waals surface area contributed by atoms with Crippen molar-refractivity contribution >= 4 is 28.0 Å². The lowest BCUT2D eigenvalue weighted by Gasteiger charge is -2.05. The van der Waals surface area contributed by atoms with Crippen LogP contribution in [0.2, 0.25) is 0 Å². The Kier molecular flexibility index (Phi) is 2.92. The number of carbonyl (C=O) groups is 1. The number of aldehydes is 1. The van der Waals surface area contributed by atoms with E-state index in [1.165, 1.54) is 0 Å². The second-order valence-corrected chi connectivity index (χ2v) is 3.01. The van der Waals surface area contributed by atoms with Gasteiger partial charge in [0.2, 0.25) is 0 Å². The predicted molar refractivity (Wildman–Crippen MR) is 46.7 cm³/mol. The first-order chi connectivity index (χ1) is 6.06. The molecule has 3 nitrogen and oxygen atoms in total. The van der Waals surface area contributed by atoms with Crippen LogP contribution < -0.4 is 5.73 Å². The molecule has 0 aliphatic heterocycles. The third-order valence-electron chi connectivity index (χ3n) is 1.43. The van der Waals surface area contributed by atoms with E-state index in [-0.39, 0.29) is 16.0 Å². The van der Waals surface area contributed by atoms with Crippen LogP contribution in [0.4, 0.5) is 14.6 Å². The zero-order valence-corrected chi connectivity index (χ0v) is 7.88. The average Bonchev–Trinajstić information content (AvgIpc) is 2.03. The monoisotopic (exact) mass is 250 g/mol. The highest BCUT2D eigenvalue weighted by atomic mass is 79.9. The summed E-state index contributed by atoms with van der Waals surface area (Å²) in [6.07, 6.45) is -2.29. The van der Waals surface area contributed by atoms with Crippen LogP contribution in [0, 0.1) is 0 Å². The first kappa shape index (κ1) is 10.0. The van der Waals surface area contributed by atoms with Crippen molar-refractivity contribution in [3.63, 3.8) is 0 Å². The second-order valence-electron chi connectivity index (χ2n) is 2.26. The van der Waals surface area contributed by atoms with E-state index in [2.05, 4.69) is 20.9 Å². The second kappa shape index (κ2) is 3.78. The number of hydrogen-bond acceptors (Lipinski definition) is 3. The maximum atomic E-state index is 12.2. The molecule has 2 N–H and O–H groups in total. The van der Waals surface area contributed by atoms with Crippen LogP contribution in [-0.2, 0) is 0 Å². The van der Waals surface area contributed by atoms with Gasteiger partial charge >= 0.3 is 0 Å². The maximum absolute atomic E-state index is 12.2. The molecule has 6 heteroatoms. The molecule has 70 valence electrons. The number of anilines is 1. The van der Waals surface area contributed by atoms with E-state index in [0.717, 1.165) is 6.07 Å². The van der Waals surface area contributed by atoms with E-state index < -0.39 is 12.0 Å². The summed E-state index contributed by atoms with van der Waals surface area (Å²) in [7, 11) is 0. The van der Waals surface area contributed by atoms with Crippen molar-refractivity contribution in [1.29, 1.82) is 0 Å². The van der Waals surface area contributed by atoms with Gasteiger partial charge in [-0.25, -0.2) is 13.8 Å². The summed E-state index contributed by atoms with van der Waals surface area (Å²) >= 11 is 2.92. The van der Waals surface area contributed by atoms with Gasteiger partial charge in [0.05, 0.1) is 5.56 Å². The van der Waals surface area contributed by atoms with Crippen molar-refractivity contribution < 1.29 is 13.6 Å². The molecule has 0 aliphatic rings. The van der Waals surface area contributed by atoms with Gasteiger partial charge in [-0.15, -0.1) is 0 Å². The van der Waals surface area contributed by atoms with Crippen molar-refractivity contribution in [2.45, 2.75) is 6.43 Å². The molecule has 0 radical (unpaired) electrons. The lowest BCUT2D eigenvalue weighted by molar-refractivity contribution is 0.112. The van der Waals surface area contributed by atoms with Gasteiger partial charge in [-0.05, 0) is 22.0 Å². The van der Waals surface area contributed by atoms with Gasteiger partial charge in [-0.3, -0.25) is 4.79 Å². The number of nitrogens with zero attached hydrogens (tertiary/aromatic N) is 1. The number of pyridine rings is 1. The summed E-state index contributed by atoms with van der Waals surface area (Å²) in [6, 6.07) is 1.02. The molecule has 0 saturated heterocycles. The molecule has 0 unspecified atom stereocenters. The van der Waals surface area contributed by atoms with Gasteiger partial charge in [0.15, 0.2) is 6.29 Å². The Morgan fingerprint density at radius 1 is 1.62 bits per heavy atom. The van der Waals surface area contributed by atoms with E-state index in [1.54, 1.807) is 0 Å². The number of aromatic nitrogens is 1. The van der Waals surface area contributed by atoms with E-state index >= 15 is 0 Å². The molecule has 1 rings (SSSR count). The number of carbonyl (C=O) groups excluding carboxylic acids is 1. The van der Waals surface area contributed by atoms with Crippen LogP contribution in [0.3, 0.4) is 0 Å². The third-order valence-corrected chi connectivity index (χ3v) is 2.06. The highest BCUT2D eigenvalue weighted by Gasteiger charge is 2.15. The third kappa shape index (κ3) is 2.00. The zero-order chi connectivity index (χ0) is 10.0. The fraction of sp³-hybridized carbons (Fsp3) is 0.143. The number of nitrogen functional groups attached to an aromatic ring is 1. The van der Waals surface area contributed by atoms with Gasteiger partial charge in [0, 0.05) is 5.56 Å². The Bertz CT molecular complexity index is 344. The molecular formula is C7H5BrF2N2O. The minimum absolute atomic E-state index is 0.0597. The quantitative estimate of drug-likeness (QED) is 0.647. The standard InChI is InChI=1S/C7H5BrF2N2O/c8-5-3(2-13)1-4(6(9)10)7(11)12-5/h1-2,6H,(H2,11,12). The fourth-order valence-corrected chi connectivity index (χ4v) is 1.19. The molecule has 0 spiro atoms. The zero-order valence-electron chi connectivity index (χ0n) is 6.30. The first-order valence-corrected chi connectivity index (χ1v) is 4.04. The number of halogens is 3. The normalized spacial score (nSPS) is 10.5. The van der Waals surface area contributed by atoms with Gasteiger partial charge in [0.1, 0.15) is 10.4 Å². The molecule has 0 saturated carbocycles. The average molecular weight is 251 g/mol. The molecule has 0 aliphatic carbocycles. The predicted octanol–water partition coefficient (Wildman–Crippen LogP) is 2.18. The van der Waals surface area contributed by atoms with Crippen LogP contribution >= 0.6 is 15.9 Å². The Morgan fingerprint density at radius 2 is 2.23 bits per heavy atom. The SMILES string of the molecule is Nc1nc(Br)c(C=O)cc1C(F)F. The largest absolute Gasteiger partial charge is 0.383 e. The molecule has 1 aromatic heterocycles. The van der Waals surface area contributed by atoms with Crippen LogP contribution in [0.25, 0.3) is 0 Å². The van der Waals surface area contributed by atoms with Crippen molar-refractivity contribution in [2.24, 2.45) is 0 Å². The first-order valence-electron chi connectivity index (χ1n) is 3.25. The summed E-state index contributed by atoms with van der Waals surface area (Å²) in [5, 5.41) is 0. The number of alkyl halides is 2. The Hall–Kier alpha value is -1.04. The van der Waals surface area contributed by atoms with Crippen molar-refractivity contribution in [3.05, 3.63) is 21.8 Å². The molecular weight excluding hydrogens is 246 g/mol. The van der Waals surface area contributed by atoms with Gasteiger partial charge in [0.25, 0.3) is 6.43 Å². The van der Waals surface area contributed by atoms with E-state index in [9.17, 15) is 13.6 Å². The summed E-state index contributed by atoms with van der Waals surface area (Å²) in [4.78, 5) is 13.9. The molecule has 0 aromatic carbocycles. The Labute approximate surface area is 81.1 Å². The highest BCUT2D eigenvalue weighted by molar-refractivity contribution is 9.10. The Balaban J connectivity index is 3.30. The molecule has 0 bridgehead atoms. The molecule has 1 heterocycles. The number of hydrogen-bond donors (Lipinski definition) is 1. The highest BCUT2D eigenvalue weighted by Crippen LogP contribution is 2.26. The smallest absolute Gasteiger partial charge is 0.267 e. The lowest BCUT2D eigenvalue weighted by atomic mass is 10.2. The van der Waals surface area contributed by atoms with Crippen LogP contribution in [0.15, 0.2) is 10.7 Å². The number of nitrogens with two attached hydrogens (primary N) is 1. The minimum atomic E-state index is -2.72. The van der Waals surface area contributed by atoms with Gasteiger partial charge in [-0.2, -0.15) is 0 Å². The maximum Gasteiger partial charge on any atom is 0.267 e. The molecule has 0 fully saturated rings. The summed E-state index contributed by atoms with van der Waals surface area (Å²) in [5.74, 6) is -0.271. The molecule has 0 amide bonds. The van der Waals surface area contributed by atoms with Gasteiger partial charge < -0.3 is 5.73 Å². The Morgan fingerprint density at radius 3 is 2.69 bits per heavy atom. The molecule has 1 aromatic rings. The van der Waals surface area contributed by atoms with Crippen molar-refractivity contribution in [3.8, 4) is 0 Å². The van der Waals surface area contributed by atoms with E-state index in [4.69, 9.17) is 5.73 Å². The van der Waals surface area contributed by atoms with Crippen molar-refractivity contribution in [2.75, 3.05) is 5.73 Å². The molecule has 13 heavy (non-hydrogen) atoms. The van der Waals surface area contributed by atoms with Crippen LogP contribution in [0.5, 0.6) is 0 Å². The van der Waals surface area contributed by atoms with Crippen LogP contribution in [0.1, 0.15) is 22.3 Å². The topological polar surface area (TPSA) is 56.0 Å². The van der Waals surface area contributed by atoms with E-state index in [1.807, 2.05) is 0 Å². The minimum Gasteiger partial charge on any atom is -0.383 e. The summed E-state index contributed by atoms with van der Waals surface area (Å²) < 4.78 is 24.6. The molecule has 0 atom stereocenters.